The molecular formula is C51H42O4. The Morgan fingerprint density at radius 3 is 0.909 bits per heavy atom. The van der Waals surface area contributed by atoms with Crippen LogP contribution < -0.4 is 0 Å². The molecule has 0 aliphatic rings. The first-order valence-electron chi connectivity index (χ1n) is 18.4. The zero-order valence-electron chi connectivity index (χ0n) is 30.5. The van der Waals surface area contributed by atoms with Crippen LogP contribution in [-0.4, -0.2) is 20.4 Å². The van der Waals surface area contributed by atoms with Gasteiger partial charge in [0.25, 0.3) is 0 Å². The summed E-state index contributed by atoms with van der Waals surface area (Å²) in [5, 5.41) is 41.2. The molecule has 0 saturated heterocycles. The van der Waals surface area contributed by atoms with Gasteiger partial charge in [-0.25, -0.2) is 0 Å². The molecule has 0 aromatic heterocycles. The number of phenolic OH excluding ortho intramolecular Hbond substituents is 4. The Morgan fingerprint density at radius 1 is 0.327 bits per heavy atom. The Labute approximate surface area is 322 Å². The first kappa shape index (κ1) is 36.3. The summed E-state index contributed by atoms with van der Waals surface area (Å²) in [5.41, 5.74) is 11.7. The quantitative estimate of drug-likeness (QED) is 0.126. The fraction of sp³-hybridized carbons (Fsp3) is 0.0588. The Morgan fingerprint density at radius 2 is 0.600 bits per heavy atom. The first-order chi connectivity index (χ1) is 26.8. The fourth-order valence-corrected chi connectivity index (χ4v) is 6.86. The minimum absolute atomic E-state index is 0.117. The highest BCUT2D eigenvalue weighted by Gasteiger charge is 2.15. The third-order valence-corrected chi connectivity index (χ3v) is 9.91. The van der Waals surface area contributed by atoms with Crippen LogP contribution in [0.15, 0.2) is 194 Å². The molecule has 0 spiro atoms. The standard InChI is InChI=1S/C26H22O2.C25H20O2/c1-18(21-12-14-25(27)23(16-21)19-8-4-2-5-9-19)22-13-15-26(28)24(17-22)20-10-6-3-7-11-20;26-24-13-11-18(16-22(24)20-7-3-1-4-8-20)15-19-12-14-25(27)23(17-19)21-9-5-2-6-10-21/h2-18,27-28H,1H3;1-14,16-17,26-27H,15H2. The number of phenols is 4. The van der Waals surface area contributed by atoms with E-state index in [1.165, 1.54) is 0 Å². The highest BCUT2D eigenvalue weighted by molar-refractivity contribution is 5.74. The summed E-state index contributed by atoms with van der Waals surface area (Å²) in [5.74, 6) is 1.23. The van der Waals surface area contributed by atoms with Crippen LogP contribution in [0.2, 0.25) is 0 Å². The molecule has 4 heteroatoms. The third-order valence-electron chi connectivity index (χ3n) is 9.91. The molecule has 0 atom stereocenters. The van der Waals surface area contributed by atoms with Gasteiger partial charge in [-0.1, -0.05) is 153 Å². The van der Waals surface area contributed by atoms with Crippen molar-refractivity contribution < 1.29 is 20.4 Å². The van der Waals surface area contributed by atoms with Gasteiger partial charge in [-0.15, -0.1) is 0 Å². The lowest BCUT2D eigenvalue weighted by atomic mass is 9.88. The summed E-state index contributed by atoms with van der Waals surface area (Å²) >= 11 is 0. The van der Waals surface area contributed by atoms with Crippen molar-refractivity contribution in [3.05, 3.63) is 216 Å². The summed E-state index contributed by atoms with van der Waals surface area (Å²) < 4.78 is 0. The van der Waals surface area contributed by atoms with E-state index in [0.29, 0.717) is 0 Å². The molecule has 4 N–H and O–H groups in total. The summed E-state index contributed by atoms with van der Waals surface area (Å²) in [4.78, 5) is 0. The lowest BCUT2D eigenvalue weighted by Gasteiger charge is -2.17. The molecule has 0 fully saturated rings. The van der Waals surface area contributed by atoms with Crippen molar-refractivity contribution in [1.29, 1.82) is 0 Å². The second-order valence-corrected chi connectivity index (χ2v) is 13.6. The van der Waals surface area contributed by atoms with E-state index in [1.807, 2.05) is 170 Å². The summed E-state index contributed by atoms with van der Waals surface area (Å²) in [6.45, 7) is 2.14. The Bertz CT molecular complexity index is 2320. The van der Waals surface area contributed by atoms with E-state index in [2.05, 4.69) is 6.92 Å². The van der Waals surface area contributed by atoms with E-state index in [-0.39, 0.29) is 28.9 Å². The van der Waals surface area contributed by atoms with Crippen molar-refractivity contribution in [1.82, 2.24) is 0 Å². The Balaban J connectivity index is 0.000000169. The highest BCUT2D eigenvalue weighted by Crippen LogP contribution is 2.38. The SMILES string of the molecule is CC(c1ccc(O)c(-c2ccccc2)c1)c1ccc(O)c(-c2ccccc2)c1.Oc1ccc(Cc2ccc(O)c(-c3ccccc3)c2)cc1-c1ccccc1. The molecule has 0 radical (unpaired) electrons. The molecule has 55 heavy (non-hydrogen) atoms. The van der Waals surface area contributed by atoms with Crippen molar-refractivity contribution in [3.8, 4) is 67.5 Å². The predicted molar refractivity (Wildman–Crippen MR) is 224 cm³/mol. The van der Waals surface area contributed by atoms with E-state index < -0.39 is 0 Å². The van der Waals surface area contributed by atoms with Gasteiger partial charge in [0.15, 0.2) is 0 Å². The molecule has 0 saturated carbocycles. The zero-order valence-corrected chi connectivity index (χ0v) is 30.5. The van der Waals surface area contributed by atoms with Gasteiger partial charge < -0.3 is 20.4 Å². The number of rotatable bonds is 8. The average Bonchev–Trinajstić information content (AvgIpc) is 3.24. The normalized spacial score (nSPS) is 10.8. The van der Waals surface area contributed by atoms with Crippen molar-refractivity contribution in [2.75, 3.05) is 0 Å². The molecule has 8 rings (SSSR count). The van der Waals surface area contributed by atoms with Crippen molar-refractivity contribution >= 4 is 0 Å². The van der Waals surface area contributed by atoms with E-state index in [9.17, 15) is 20.4 Å². The van der Waals surface area contributed by atoms with Crippen LogP contribution in [0.3, 0.4) is 0 Å². The number of aromatic hydroxyl groups is 4. The van der Waals surface area contributed by atoms with Gasteiger partial charge in [0.1, 0.15) is 23.0 Å². The van der Waals surface area contributed by atoms with Crippen molar-refractivity contribution in [3.63, 3.8) is 0 Å². The largest absolute Gasteiger partial charge is 0.507 e. The molecule has 0 amide bonds. The van der Waals surface area contributed by atoms with Crippen LogP contribution in [0.4, 0.5) is 0 Å². The van der Waals surface area contributed by atoms with E-state index in [1.54, 1.807) is 24.3 Å². The lowest BCUT2D eigenvalue weighted by molar-refractivity contribution is 0.476. The molecule has 4 nitrogen and oxygen atoms in total. The number of hydrogen-bond donors (Lipinski definition) is 4. The second kappa shape index (κ2) is 16.7. The van der Waals surface area contributed by atoms with Gasteiger partial charge in [-0.2, -0.15) is 0 Å². The minimum Gasteiger partial charge on any atom is -0.507 e. The van der Waals surface area contributed by atoms with Gasteiger partial charge in [0.05, 0.1) is 0 Å². The first-order valence-corrected chi connectivity index (χ1v) is 18.4. The predicted octanol–water partition coefficient (Wildman–Crippen LogP) is 12.6. The maximum Gasteiger partial charge on any atom is 0.123 e. The zero-order chi connectivity index (χ0) is 38.1. The fourth-order valence-electron chi connectivity index (χ4n) is 6.86. The third kappa shape index (κ3) is 8.62. The van der Waals surface area contributed by atoms with Crippen molar-refractivity contribution in [2.24, 2.45) is 0 Å². The van der Waals surface area contributed by atoms with E-state index in [4.69, 9.17) is 0 Å². The monoisotopic (exact) mass is 718 g/mol. The van der Waals surface area contributed by atoms with Gasteiger partial charge in [0.2, 0.25) is 0 Å². The second-order valence-electron chi connectivity index (χ2n) is 13.6. The maximum atomic E-state index is 10.3. The minimum atomic E-state index is 0.117. The number of benzene rings is 8. The van der Waals surface area contributed by atoms with E-state index in [0.717, 1.165) is 73.2 Å². The maximum absolute atomic E-state index is 10.3. The number of hydrogen-bond acceptors (Lipinski definition) is 4. The molecular weight excluding hydrogens is 677 g/mol. The Kier molecular flexibility index (Phi) is 11.1. The van der Waals surface area contributed by atoms with Gasteiger partial charge in [0, 0.05) is 28.2 Å². The highest BCUT2D eigenvalue weighted by atomic mass is 16.3. The molecule has 0 aliphatic carbocycles. The average molecular weight is 719 g/mol. The van der Waals surface area contributed by atoms with Crippen LogP contribution in [-0.2, 0) is 6.42 Å². The smallest absolute Gasteiger partial charge is 0.123 e. The molecule has 0 bridgehead atoms. The summed E-state index contributed by atoms with van der Waals surface area (Å²) in [6.07, 6.45) is 0.722. The molecule has 0 heterocycles. The van der Waals surface area contributed by atoms with Crippen LogP contribution in [0, 0.1) is 0 Å². The molecule has 0 aliphatic heterocycles. The van der Waals surface area contributed by atoms with Gasteiger partial charge in [-0.3, -0.25) is 0 Å². The van der Waals surface area contributed by atoms with Crippen LogP contribution in [0.5, 0.6) is 23.0 Å². The van der Waals surface area contributed by atoms with Crippen LogP contribution >= 0.6 is 0 Å². The molecule has 0 unspecified atom stereocenters. The lowest BCUT2D eigenvalue weighted by Crippen LogP contribution is -1.97. The Hall–Kier alpha value is -7.04. The molecule has 8 aromatic rings. The summed E-state index contributed by atoms with van der Waals surface area (Å²) in [7, 11) is 0. The van der Waals surface area contributed by atoms with Crippen LogP contribution in [0.25, 0.3) is 44.5 Å². The molecule has 270 valence electrons. The molecule has 8 aromatic carbocycles. The summed E-state index contributed by atoms with van der Waals surface area (Å²) in [6, 6.07) is 62.5. The van der Waals surface area contributed by atoms with E-state index >= 15 is 0 Å². The topological polar surface area (TPSA) is 80.9 Å². The van der Waals surface area contributed by atoms with Crippen molar-refractivity contribution in [2.45, 2.75) is 19.3 Å². The van der Waals surface area contributed by atoms with Crippen LogP contribution in [0.1, 0.15) is 35.1 Å². The van der Waals surface area contributed by atoms with Gasteiger partial charge >= 0.3 is 0 Å². The van der Waals surface area contributed by atoms with Gasteiger partial charge in [-0.05, 0) is 99.5 Å².